The number of benzene rings is 13. The molecule has 374 valence electrons. The molecule has 17 rings (SSSR count). The molecule has 4 aromatic heterocycles. The summed E-state index contributed by atoms with van der Waals surface area (Å²) in [5.41, 5.74) is 14.6. The first-order chi connectivity index (χ1) is 39.6. The van der Waals surface area contributed by atoms with Gasteiger partial charge in [-0.3, -0.25) is 0 Å². The second-order valence-corrected chi connectivity index (χ2v) is 22.9. The van der Waals surface area contributed by atoms with Crippen LogP contribution in [0.4, 0.5) is 34.1 Å². The van der Waals surface area contributed by atoms with E-state index in [4.69, 9.17) is 8.83 Å². The monoisotopic (exact) mass is 1060 g/mol. The molecule has 0 aliphatic carbocycles. The van der Waals surface area contributed by atoms with E-state index in [0.29, 0.717) is 0 Å². The van der Waals surface area contributed by atoms with Crippen LogP contribution in [-0.4, -0.2) is 0 Å². The molecule has 6 heteroatoms. The van der Waals surface area contributed by atoms with E-state index in [1.54, 1.807) is 0 Å². The molecule has 17 aromatic rings. The number of hydrogen-bond acceptors (Lipinski definition) is 6. The fourth-order valence-electron chi connectivity index (χ4n) is 12.5. The van der Waals surface area contributed by atoms with Gasteiger partial charge < -0.3 is 18.6 Å². The molecule has 4 nitrogen and oxygen atoms in total. The zero-order chi connectivity index (χ0) is 52.4. The van der Waals surface area contributed by atoms with Crippen LogP contribution in [-0.2, 0) is 0 Å². The molecule has 0 atom stereocenters. The van der Waals surface area contributed by atoms with E-state index in [1.807, 2.05) is 22.7 Å². The summed E-state index contributed by atoms with van der Waals surface area (Å²) < 4.78 is 18.7. The maximum absolute atomic E-state index is 6.83. The smallest absolute Gasteiger partial charge is 0.139 e. The van der Waals surface area contributed by atoms with Gasteiger partial charge in [-0.2, -0.15) is 0 Å². The third kappa shape index (κ3) is 7.06. The van der Waals surface area contributed by atoms with Crippen LogP contribution in [0, 0.1) is 0 Å². The van der Waals surface area contributed by atoms with E-state index in [-0.39, 0.29) is 0 Å². The van der Waals surface area contributed by atoms with E-state index in [2.05, 4.69) is 277 Å². The molecule has 0 fully saturated rings. The summed E-state index contributed by atoms with van der Waals surface area (Å²) in [7, 11) is 0. The van der Waals surface area contributed by atoms with E-state index < -0.39 is 0 Å². The first-order valence-corrected chi connectivity index (χ1v) is 28.7. The van der Waals surface area contributed by atoms with Gasteiger partial charge in [-0.15, -0.1) is 22.7 Å². The van der Waals surface area contributed by atoms with Crippen molar-refractivity contribution in [3.05, 3.63) is 267 Å². The van der Waals surface area contributed by atoms with Gasteiger partial charge in [0, 0.05) is 102 Å². The molecule has 4 heterocycles. The predicted molar refractivity (Wildman–Crippen MR) is 342 cm³/mol. The Kier molecular flexibility index (Phi) is 10.0. The molecule has 0 saturated heterocycles. The highest BCUT2D eigenvalue weighted by Crippen LogP contribution is 2.52. The zero-order valence-electron chi connectivity index (χ0n) is 42.9. The zero-order valence-corrected chi connectivity index (χ0v) is 44.6. The van der Waals surface area contributed by atoms with Gasteiger partial charge >= 0.3 is 0 Å². The van der Waals surface area contributed by atoms with E-state index in [0.717, 1.165) is 99.5 Å². The summed E-state index contributed by atoms with van der Waals surface area (Å²) >= 11 is 3.70. The van der Waals surface area contributed by atoms with Crippen molar-refractivity contribution in [2.45, 2.75) is 0 Å². The second kappa shape index (κ2) is 17.8. The van der Waals surface area contributed by atoms with Crippen LogP contribution < -0.4 is 9.80 Å². The number of rotatable bonds is 8. The number of fused-ring (bicyclic) bond motifs is 14. The van der Waals surface area contributed by atoms with E-state index >= 15 is 0 Å². The third-order valence-corrected chi connectivity index (χ3v) is 18.4. The van der Waals surface area contributed by atoms with E-state index in [1.165, 1.54) is 62.6 Å². The molecule has 0 radical (unpaired) electrons. The Bertz CT molecular complexity index is 4980. The van der Waals surface area contributed by atoms with E-state index in [9.17, 15) is 0 Å². The fraction of sp³-hybridized carbons (Fsp3) is 0. The van der Waals surface area contributed by atoms with Gasteiger partial charge in [-0.25, -0.2) is 0 Å². The van der Waals surface area contributed by atoms with Gasteiger partial charge in [-0.05, 0) is 136 Å². The predicted octanol–water partition coefficient (Wildman–Crippen LogP) is 22.8. The van der Waals surface area contributed by atoms with Crippen molar-refractivity contribution in [1.29, 1.82) is 0 Å². The molecule has 0 spiro atoms. The average Bonchev–Trinajstić information content (AvgIpc) is 4.40. The van der Waals surface area contributed by atoms with Gasteiger partial charge in [0.2, 0.25) is 0 Å². The maximum Gasteiger partial charge on any atom is 0.139 e. The molecule has 0 amide bonds. The number of thiophene rings is 2. The SMILES string of the molecule is c1ccc(-c2ccc3sc4ccccc4c3c2N(c2ccccc2)c2ccc3cc4c(cc3c2)oc2cc3oc5cc6cc(N(c7ccccc7)c7c(-c8ccccc8)ccc8sc9ccccc9c78)ccc6cc5c3cc24)cc1. The van der Waals surface area contributed by atoms with Crippen LogP contribution in [0.2, 0.25) is 0 Å². The highest BCUT2D eigenvalue weighted by atomic mass is 32.1. The molecule has 0 aliphatic heterocycles. The van der Waals surface area contributed by atoms with Crippen molar-refractivity contribution in [3.8, 4) is 22.3 Å². The number of nitrogens with zero attached hydrogens (tertiary/aromatic N) is 2. The van der Waals surface area contributed by atoms with Crippen LogP contribution in [0.1, 0.15) is 0 Å². The Morgan fingerprint density at radius 3 is 1.09 bits per heavy atom. The quantitative estimate of drug-likeness (QED) is 0.152. The molecular formula is C74H44N2O2S2. The minimum absolute atomic E-state index is 0.797. The summed E-state index contributed by atoms with van der Waals surface area (Å²) in [5, 5.41) is 13.8. The van der Waals surface area contributed by atoms with Crippen molar-refractivity contribution in [2.24, 2.45) is 0 Å². The Hall–Kier alpha value is -9.98. The second-order valence-electron chi connectivity index (χ2n) is 20.7. The first kappa shape index (κ1) is 45.1. The van der Waals surface area contributed by atoms with Gasteiger partial charge in [0.1, 0.15) is 22.3 Å². The summed E-state index contributed by atoms with van der Waals surface area (Å²) in [6, 6.07) is 97.0. The lowest BCUT2D eigenvalue weighted by molar-refractivity contribution is 0.656. The number of para-hydroxylation sites is 2. The normalized spacial score (nSPS) is 12.0. The van der Waals surface area contributed by atoms with Crippen molar-refractivity contribution >= 4 is 163 Å². The lowest BCUT2D eigenvalue weighted by Crippen LogP contribution is -2.11. The molecule has 0 saturated carbocycles. The Morgan fingerprint density at radius 1 is 0.250 bits per heavy atom. The van der Waals surface area contributed by atoms with Crippen LogP contribution in [0.15, 0.2) is 276 Å². The van der Waals surface area contributed by atoms with Gasteiger partial charge in [0.25, 0.3) is 0 Å². The minimum atomic E-state index is 0.797. The summed E-state index contributed by atoms with van der Waals surface area (Å²) in [6.07, 6.45) is 0. The number of furan rings is 2. The average molecular weight is 1060 g/mol. The van der Waals surface area contributed by atoms with Crippen molar-refractivity contribution in [1.82, 2.24) is 0 Å². The summed E-state index contributed by atoms with van der Waals surface area (Å²) in [5.74, 6) is 0. The van der Waals surface area contributed by atoms with Crippen molar-refractivity contribution in [2.75, 3.05) is 9.80 Å². The number of hydrogen-bond donors (Lipinski definition) is 0. The highest BCUT2D eigenvalue weighted by Gasteiger charge is 2.26. The highest BCUT2D eigenvalue weighted by molar-refractivity contribution is 7.26. The van der Waals surface area contributed by atoms with Crippen molar-refractivity contribution in [3.63, 3.8) is 0 Å². The standard InChI is InChI=1S/C74H44N2O2S2/c1-5-17-45(18-6-1)55-33-35-69-71(57-25-13-15-27-67(57)79-69)73(55)75(51-21-9-3-10-22-51)53-31-29-47-39-59-61-43-62-60-40-48-30-32-54(38-50(48)42-64(60)78-66(62)44-65(61)77-63(59)41-49(47)37-53)76(52-23-11-4-12-24-52)74-56(46-19-7-2-8-20-46)34-36-70-72(74)58-26-14-16-28-68(58)80-70/h1-44H. The van der Waals surface area contributed by atoms with Gasteiger partial charge in [0.05, 0.1) is 11.4 Å². The summed E-state index contributed by atoms with van der Waals surface area (Å²) in [6.45, 7) is 0. The molecule has 80 heavy (non-hydrogen) atoms. The Balaban J connectivity index is 0.798. The Labute approximate surface area is 467 Å². The minimum Gasteiger partial charge on any atom is -0.456 e. The molecule has 0 bridgehead atoms. The molecule has 13 aromatic carbocycles. The molecule has 0 aliphatic rings. The lowest BCUT2D eigenvalue weighted by Gasteiger charge is -2.29. The first-order valence-electron chi connectivity index (χ1n) is 27.0. The lowest BCUT2D eigenvalue weighted by atomic mass is 9.97. The molecule has 0 unspecified atom stereocenters. The van der Waals surface area contributed by atoms with Crippen LogP contribution in [0.25, 0.3) is 128 Å². The Morgan fingerprint density at radius 2 is 0.637 bits per heavy atom. The molecule has 0 N–H and O–H groups in total. The van der Waals surface area contributed by atoms with Gasteiger partial charge in [-0.1, -0.05) is 158 Å². The topological polar surface area (TPSA) is 32.8 Å². The van der Waals surface area contributed by atoms with Crippen molar-refractivity contribution < 1.29 is 8.83 Å². The van der Waals surface area contributed by atoms with Gasteiger partial charge in [0.15, 0.2) is 0 Å². The van der Waals surface area contributed by atoms with Crippen LogP contribution in [0.3, 0.4) is 0 Å². The largest absolute Gasteiger partial charge is 0.456 e. The maximum atomic E-state index is 6.83. The fourth-order valence-corrected chi connectivity index (χ4v) is 14.7. The molecular weight excluding hydrogens is 1010 g/mol. The van der Waals surface area contributed by atoms with Crippen LogP contribution >= 0.6 is 22.7 Å². The summed E-state index contributed by atoms with van der Waals surface area (Å²) in [4.78, 5) is 4.90. The number of anilines is 6. The van der Waals surface area contributed by atoms with Crippen LogP contribution in [0.5, 0.6) is 0 Å². The third-order valence-electron chi connectivity index (χ3n) is 16.1.